The standard InChI is InChI=1S/C18H27N3O3/c1-18(2,3)24-17(23)19-12-16(22)21-11-10-20(4)13-15(21)14-8-6-5-7-9-14/h5-9,15H,10-13H2,1-4H3,(H,19,23). The van der Waals surface area contributed by atoms with Crippen LogP contribution in [0, 0.1) is 0 Å². The molecule has 1 heterocycles. The van der Waals surface area contributed by atoms with E-state index in [1.165, 1.54) is 0 Å². The predicted molar refractivity (Wildman–Crippen MR) is 92.6 cm³/mol. The summed E-state index contributed by atoms with van der Waals surface area (Å²) in [7, 11) is 2.05. The fraction of sp³-hybridized carbons (Fsp3) is 0.556. The van der Waals surface area contributed by atoms with Crippen molar-refractivity contribution in [1.82, 2.24) is 15.1 Å². The third kappa shape index (κ3) is 5.23. The smallest absolute Gasteiger partial charge is 0.408 e. The van der Waals surface area contributed by atoms with Gasteiger partial charge in [-0.3, -0.25) is 4.79 Å². The van der Waals surface area contributed by atoms with Gasteiger partial charge < -0.3 is 19.9 Å². The highest BCUT2D eigenvalue weighted by Gasteiger charge is 2.30. The first-order chi connectivity index (χ1) is 11.3. The van der Waals surface area contributed by atoms with Crippen molar-refractivity contribution in [3.05, 3.63) is 35.9 Å². The molecular weight excluding hydrogens is 306 g/mol. The van der Waals surface area contributed by atoms with E-state index in [-0.39, 0.29) is 18.5 Å². The van der Waals surface area contributed by atoms with Gasteiger partial charge in [-0.05, 0) is 33.4 Å². The molecule has 0 aromatic heterocycles. The van der Waals surface area contributed by atoms with Crippen LogP contribution < -0.4 is 5.32 Å². The molecule has 2 rings (SSSR count). The van der Waals surface area contributed by atoms with Crippen molar-refractivity contribution in [2.45, 2.75) is 32.4 Å². The lowest BCUT2D eigenvalue weighted by Gasteiger charge is -2.40. The van der Waals surface area contributed by atoms with Crippen molar-refractivity contribution < 1.29 is 14.3 Å². The second-order valence-electron chi connectivity index (χ2n) is 7.13. The number of nitrogens with one attached hydrogen (secondary N) is 1. The second-order valence-corrected chi connectivity index (χ2v) is 7.13. The normalized spacial score (nSPS) is 19.0. The molecule has 1 aliphatic rings. The number of likely N-dealkylation sites (N-methyl/N-ethyl adjacent to an activating group) is 1. The average Bonchev–Trinajstić information content (AvgIpc) is 2.52. The lowest BCUT2D eigenvalue weighted by Crippen LogP contribution is -2.52. The first kappa shape index (κ1) is 18.3. The number of rotatable bonds is 3. The van der Waals surface area contributed by atoms with Crippen LogP contribution in [0.5, 0.6) is 0 Å². The summed E-state index contributed by atoms with van der Waals surface area (Å²) in [4.78, 5) is 28.4. The molecule has 1 unspecified atom stereocenters. The Morgan fingerprint density at radius 1 is 1.21 bits per heavy atom. The minimum atomic E-state index is -0.576. The summed E-state index contributed by atoms with van der Waals surface area (Å²) in [6.45, 7) is 7.57. The van der Waals surface area contributed by atoms with Crippen molar-refractivity contribution in [3.63, 3.8) is 0 Å². The molecule has 0 radical (unpaired) electrons. The van der Waals surface area contributed by atoms with E-state index in [1.54, 1.807) is 20.8 Å². The molecule has 1 fully saturated rings. The van der Waals surface area contributed by atoms with E-state index in [0.29, 0.717) is 6.54 Å². The van der Waals surface area contributed by atoms with E-state index >= 15 is 0 Å². The number of carbonyl (C=O) groups is 2. The van der Waals surface area contributed by atoms with E-state index in [0.717, 1.165) is 18.7 Å². The fourth-order valence-electron chi connectivity index (χ4n) is 2.74. The van der Waals surface area contributed by atoms with Crippen LogP contribution in [0.3, 0.4) is 0 Å². The van der Waals surface area contributed by atoms with Crippen LogP contribution in [0.4, 0.5) is 4.79 Å². The van der Waals surface area contributed by atoms with Crippen molar-refractivity contribution in [2.24, 2.45) is 0 Å². The van der Waals surface area contributed by atoms with Crippen molar-refractivity contribution in [2.75, 3.05) is 33.2 Å². The first-order valence-electron chi connectivity index (χ1n) is 8.26. The maximum Gasteiger partial charge on any atom is 0.408 e. The topological polar surface area (TPSA) is 61.9 Å². The van der Waals surface area contributed by atoms with Gasteiger partial charge in [0.25, 0.3) is 0 Å². The Hall–Kier alpha value is -2.08. The van der Waals surface area contributed by atoms with Crippen LogP contribution in [0.1, 0.15) is 32.4 Å². The molecule has 6 heteroatoms. The van der Waals surface area contributed by atoms with Crippen molar-refractivity contribution in [3.8, 4) is 0 Å². The lowest BCUT2D eigenvalue weighted by molar-refractivity contribution is -0.135. The van der Waals surface area contributed by atoms with E-state index in [9.17, 15) is 9.59 Å². The number of alkyl carbamates (subject to hydrolysis) is 1. The molecule has 0 saturated carbocycles. The molecule has 1 N–H and O–H groups in total. The van der Waals surface area contributed by atoms with Gasteiger partial charge in [-0.25, -0.2) is 4.79 Å². The van der Waals surface area contributed by atoms with Gasteiger partial charge in [0.2, 0.25) is 5.91 Å². The molecule has 6 nitrogen and oxygen atoms in total. The van der Waals surface area contributed by atoms with Crippen LogP contribution in [0.15, 0.2) is 30.3 Å². The molecule has 1 atom stereocenters. The molecule has 2 amide bonds. The van der Waals surface area contributed by atoms with Gasteiger partial charge in [0.05, 0.1) is 6.04 Å². The first-order valence-corrected chi connectivity index (χ1v) is 8.26. The highest BCUT2D eigenvalue weighted by Crippen LogP contribution is 2.24. The summed E-state index contributed by atoms with van der Waals surface area (Å²) in [5, 5.41) is 2.55. The third-order valence-corrected chi connectivity index (χ3v) is 3.87. The number of hydrogen-bond acceptors (Lipinski definition) is 4. The van der Waals surface area contributed by atoms with E-state index in [2.05, 4.69) is 17.3 Å². The number of nitrogens with zero attached hydrogens (tertiary/aromatic N) is 2. The molecule has 24 heavy (non-hydrogen) atoms. The zero-order valence-electron chi connectivity index (χ0n) is 14.9. The number of hydrogen-bond donors (Lipinski definition) is 1. The summed E-state index contributed by atoms with van der Waals surface area (Å²) in [5.41, 5.74) is 0.530. The molecule has 0 spiro atoms. The minimum absolute atomic E-state index is 0.00196. The van der Waals surface area contributed by atoms with Gasteiger partial charge in [0.1, 0.15) is 12.1 Å². The summed E-state index contributed by atoms with van der Waals surface area (Å²) in [6.07, 6.45) is -0.568. The van der Waals surface area contributed by atoms with Gasteiger partial charge in [-0.15, -0.1) is 0 Å². The lowest BCUT2D eigenvalue weighted by atomic mass is 10.0. The van der Waals surface area contributed by atoms with Gasteiger partial charge in [-0.2, -0.15) is 0 Å². The number of benzene rings is 1. The fourth-order valence-corrected chi connectivity index (χ4v) is 2.74. The largest absolute Gasteiger partial charge is 0.444 e. The minimum Gasteiger partial charge on any atom is -0.444 e. The Morgan fingerprint density at radius 2 is 1.88 bits per heavy atom. The summed E-state index contributed by atoms with van der Waals surface area (Å²) >= 11 is 0. The van der Waals surface area contributed by atoms with Crippen LogP contribution in [-0.4, -0.2) is 60.6 Å². The molecule has 1 aliphatic heterocycles. The SMILES string of the molecule is CN1CCN(C(=O)CNC(=O)OC(C)(C)C)C(c2ccccc2)C1. The number of carbonyl (C=O) groups excluding carboxylic acids is 2. The molecule has 1 saturated heterocycles. The van der Waals surface area contributed by atoms with Gasteiger partial charge >= 0.3 is 6.09 Å². The Morgan fingerprint density at radius 3 is 2.50 bits per heavy atom. The molecule has 132 valence electrons. The quantitative estimate of drug-likeness (QED) is 0.919. The number of piperazine rings is 1. The van der Waals surface area contributed by atoms with Crippen molar-refractivity contribution in [1.29, 1.82) is 0 Å². The Kier molecular flexibility index (Phi) is 5.83. The summed E-state index contributed by atoms with van der Waals surface area (Å²) in [5.74, 6) is -0.0946. The number of amides is 2. The highest BCUT2D eigenvalue weighted by molar-refractivity contribution is 5.82. The monoisotopic (exact) mass is 333 g/mol. The molecule has 0 aliphatic carbocycles. The number of ether oxygens (including phenoxy) is 1. The second kappa shape index (κ2) is 7.66. The Labute approximate surface area is 143 Å². The maximum absolute atomic E-state index is 12.6. The zero-order valence-corrected chi connectivity index (χ0v) is 14.9. The van der Waals surface area contributed by atoms with E-state index in [1.807, 2.05) is 35.2 Å². The molecular formula is C18H27N3O3. The van der Waals surface area contributed by atoms with Gasteiger partial charge in [0, 0.05) is 19.6 Å². The Balaban J connectivity index is 1.99. The Bertz CT molecular complexity index is 569. The highest BCUT2D eigenvalue weighted by atomic mass is 16.6. The third-order valence-electron chi connectivity index (χ3n) is 3.87. The molecule has 1 aromatic carbocycles. The maximum atomic E-state index is 12.6. The average molecular weight is 333 g/mol. The summed E-state index contributed by atoms with van der Waals surface area (Å²) < 4.78 is 5.17. The molecule has 0 bridgehead atoms. The zero-order chi connectivity index (χ0) is 17.7. The van der Waals surface area contributed by atoms with Crippen LogP contribution in [0.2, 0.25) is 0 Å². The van der Waals surface area contributed by atoms with Crippen LogP contribution >= 0.6 is 0 Å². The predicted octanol–water partition coefficient (Wildman–Crippen LogP) is 2.03. The van der Waals surface area contributed by atoms with E-state index < -0.39 is 11.7 Å². The van der Waals surface area contributed by atoms with Crippen LogP contribution in [0.25, 0.3) is 0 Å². The molecule has 1 aromatic rings. The van der Waals surface area contributed by atoms with Crippen LogP contribution in [-0.2, 0) is 9.53 Å². The van der Waals surface area contributed by atoms with Crippen molar-refractivity contribution >= 4 is 12.0 Å². The van der Waals surface area contributed by atoms with E-state index in [4.69, 9.17) is 4.74 Å². The summed E-state index contributed by atoms with van der Waals surface area (Å²) in [6, 6.07) is 9.98. The van der Waals surface area contributed by atoms with Gasteiger partial charge in [-0.1, -0.05) is 30.3 Å². The van der Waals surface area contributed by atoms with Gasteiger partial charge in [0.15, 0.2) is 0 Å².